The van der Waals surface area contributed by atoms with Crippen molar-refractivity contribution in [3.8, 4) is 0 Å². The Hall–Kier alpha value is -1.15. The molecular weight excluding hydrogens is 354 g/mol. The maximum absolute atomic E-state index is 13.0. The number of carbonyl (C=O) groups excluding carboxylic acids is 1. The van der Waals surface area contributed by atoms with Gasteiger partial charge in [-0.3, -0.25) is 14.4 Å². The lowest BCUT2D eigenvalue weighted by Gasteiger charge is -2.32. The molecule has 0 radical (unpaired) electrons. The molecule has 1 aromatic heterocycles. The topological polar surface area (TPSA) is 62.6 Å². The lowest BCUT2D eigenvalue weighted by atomic mass is 10.1. The van der Waals surface area contributed by atoms with Crippen molar-refractivity contribution in [2.75, 3.05) is 52.5 Å². The minimum Gasteiger partial charge on any atom is -0.379 e. The molecule has 0 spiro atoms. The Morgan fingerprint density at radius 2 is 2.08 bits per heavy atom. The zero-order chi connectivity index (χ0) is 17.1. The highest BCUT2D eigenvalue weighted by molar-refractivity contribution is 5.92. The van der Waals surface area contributed by atoms with Gasteiger partial charge in [-0.2, -0.15) is 5.10 Å². The predicted molar refractivity (Wildman–Crippen MR) is 102 cm³/mol. The first-order chi connectivity index (χ1) is 12.3. The van der Waals surface area contributed by atoms with E-state index in [1.54, 1.807) is 0 Å². The molecule has 146 valence electrons. The Bertz CT molecular complexity index is 584. The highest BCUT2D eigenvalue weighted by atomic mass is 35.5. The summed E-state index contributed by atoms with van der Waals surface area (Å²) in [6.07, 6.45) is 6.45. The summed E-state index contributed by atoms with van der Waals surface area (Å²) in [6.45, 7) is 7.40. The van der Waals surface area contributed by atoms with Crippen LogP contribution in [0.4, 0.5) is 0 Å². The number of hydrogen-bond acceptors (Lipinski definition) is 5. The molecule has 4 rings (SSSR count). The third-order valence-corrected chi connectivity index (χ3v) is 5.68. The monoisotopic (exact) mass is 383 g/mol. The number of rotatable bonds is 4. The minimum atomic E-state index is 0. The van der Waals surface area contributed by atoms with Gasteiger partial charge in [0.15, 0.2) is 0 Å². The number of likely N-dealkylation sites (tertiary alicyclic amines) is 1. The molecule has 4 heterocycles. The number of halogens is 1. The van der Waals surface area contributed by atoms with Gasteiger partial charge in [-0.25, -0.2) is 0 Å². The molecule has 26 heavy (non-hydrogen) atoms. The zero-order valence-electron chi connectivity index (χ0n) is 15.3. The molecule has 0 saturated carbocycles. The molecule has 1 aromatic rings. The first kappa shape index (κ1) is 19.6. The average Bonchev–Trinajstić information content (AvgIpc) is 3.32. The summed E-state index contributed by atoms with van der Waals surface area (Å²) in [5.41, 5.74) is 0.597. The van der Waals surface area contributed by atoms with Crippen molar-refractivity contribution in [1.29, 1.82) is 0 Å². The number of carbonyl (C=O) groups is 1. The van der Waals surface area contributed by atoms with Crippen molar-refractivity contribution in [3.05, 3.63) is 18.0 Å². The van der Waals surface area contributed by atoms with Crippen molar-refractivity contribution in [2.45, 2.75) is 37.8 Å². The summed E-state index contributed by atoms with van der Waals surface area (Å²) in [5.74, 6) is 0.0956. The van der Waals surface area contributed by atoms with Crippen molar-refractivity contribution < 1.29 is 9.53 Å². The molecule has 0 aromatic carbocycles. The predicted octanol–water partition coefficient (Wildman–Crippen LogP) is 1.17. The summed E-state index contributed by atoms with van der Waals surface area (Å²) < 4.78 is 7.41. The Labute approximate surface area is 161 Å². The van der Waals surface area contributed by atoms with Gasteiger partial charge < -0.3 is 15.0 Å². The molecule has 3 saturated heterocycles. The molecule has 3 aliphatic heterocycles. The van der Waals surface area contributed by atoms with Crippen LogP contribution in [0.25, 0.3) is 0 Å². The van der Waals surface area contributed by atoms with E-state index in [-0.39, 0.29) is 18.3 Å². The van der Waals surface area contributed by atoms with Crippen LogP contribution in [0.15, 0.2) is 12.3 Å². The van der Waals surface area contributed by atoms with Crippen LogP contribution >= 0.6 is 12.4 Å². The van der Waals surface area contributed by atoms with Crippen LogP contribution in [-0.4, -0.2) is 84.0 Å². The lowest BCUT2D eigenvalue weighted by molar-refractivity contribution is 0.0260. The van der Waals surface area contributed by atoms with Crippen LogP contribution in [0.5, 0.6) is 0 Å². The van der Waals surface area contributed by atoms with E-state index in [0.29, 0.717) is 17.8 Å². The molecule has 3 aliphatic rings. The summed E-state index contributed by atoms with van der Waals surface area (Å²) in [7, 11) is 0. The molecule has 7 nitrogen and oxygen atoms in total. The van der Waals surface area contributed by atoms with Gasteiger partial charge in [-0.05, 0) is 38.3 Å². The smallest absolute Gasteiger partial charge is 0.274 e. The van der Waals surface area contributed by atoms with Crippen LogP contribution in [0.2, 0.25) is 0 Å². The fourth-order valence-electron chi connectivity index (χ4n) is 4.24. The van der Waals surface area contributed by atoms with Gasteiger partial charge in [-0.1, -0.05) is 0 Å². The zero-order valence-corrected chi connectivity index (χ0v) is 16.1. The van der Waals surface area contributed by atoms with Crippen LogP contribution in [0.3, 0.4) is 0 Å². The molecule has 8 heteroatoms. The van der Waals surface area contributed by atoms with Gasteiger partial charge >= 0.3 is 0 Å². The third-order valence-electron chi connectivity index (χ3n) is 5.68. The van der Waals surface area contributed by atoms with Crippen molar-refractivity contribution >= 4 is 18.3 Å². The third kappa shape index (κ3) is 4.39. The summed E-state index contributed by atoms with van der Waals surface area (Å²) in [5, 5.41) is 8.02. The number of aromatic nitrogens is 2. The second-order valence-corrected chi connectivity index (χ2v) is 7.39. The lowest BCUT2D eigenvalue weighted by Crippen LogP contribution is -2.46. The second-order valence-electron chi connectivity index (χ2n) is 7.39. The fourth-order valence-corrected chi connectivity index (χ4v) is 4.24. The van der Waals surface area contributed by atoms with E-state index in [9.17, 15) is 4.79 Å². The Morgan fingerprint density at radius 3 is 2.85 bits per heavy atom. The number of piperidine rings is 1. The van der Waals surface area contributed by atoms with Crippen LogP contribution in [-0.2, 0) is 4.74 Å². The maximum atomic E-state index is 13.0. The van der Waals surface area contributed by atoms with Crippen LogP contribution < -0.4 is 5.32 Å². The van der Waals surface area contributed by atoms with Crippen molar-refractivity contribution in [1.82, 2.24) is 24.9 Å². The highest BCUT2D eigenvalue weighted by Crippen LogP contribution is 2.22. The maximum Gasteiger partial charge on any atom is 0.274 e. The summed E-state index contributed by atoms with van der Waals surface area (Å²) >= 11 is 0. The fraction of sp³-hybridized carbons (Fsp3) is 0.778. The molecule has 1 N–H and O–H groups in total. The molecule has 2 atom stereocenters. The molecule has 3 fully saturated rings. The Kier molecular flexibility index (Phi) is 6.92. The number of hydrogen-bond donors (Lipinski definition) is 1. The average molecular weight is 384 g/mol. The molecule has 2 unspecified atom stereocenters. The first-order valence-electron chi connectivity index (χ1n) is 9.68. The number of morpholine rings is 1. The van der Waals surface area contributed by atoms with Gasteiger partial charge in [0.1, 0.15) is 5.69 Å². The molecular formula is C18H30ClN5O2. The molecule has 1 amide bonds. The van der Waals surface area contributed by atoms with E-state index in [0.717, 1.165) is 71.7 Å². The van der Waals surface area contributed by atoms with Gasteiger partial charge in [0.2, 0.25) is 0 Å². The Balaban J connectivity index is 0.00000196. The minimum absolute atomic E-state index is 0. The first-order valence-corrected chi connectivity index (χ1v) is 9.68. The number of amides is 1. The van der Waals surface area contributed by atoms with Crippen molar-refractivity contribution in [2.24, 2.45) is 0 Å². The quantitative estimate of drug-likeness (QED) is 0.845. The van der Waals surface area contributed by atoms with E-state index < -0.39 is 0 Å². The largest absolute Gasteiger partial charge is 0.379 e. The van der Waals surface area contributed by atoms with Crippen molar-refractivity contribution in [3.63, 3.8) is 0 Å². The van der Waals surface area contributed by atoms with E-state index in [2.05, 4.69) is 15.3 Å². The van der Waals surface area contributed by atoms with E-state index in [1.807, 2.05) is 21.8 Å². The number of ether oxygens (including phenoxy) is 1. The number of nitrogens with zero attached hydrogens (tertiary/aromatic N) is 4. The Morgan fingerprint density at radius 1 is 1.23 bits per heavy atom. The highest BCUT2D eigenvalue weighted by Gasteiger charge is 2.32. The van der Waals surface area contributed by atoms with E-state index >= 15 is 0 Å². The SMILES string of the molecule is Cl.O=C(c1ccn(C2CCCNC2)n1)N1CCCC1CN1CCOCC1. The van der Waals surface area contributed by atoms with Crippen LogP contribution in [0.1, 0.15) is 42.2 Å². The van der Waals surface area contributed by atoms with Gasteiger partial charge in [-0.15, -0.1) is 12.4 Å². The van der Waals surface area contributed by atoms with Gasteiger partial charge in [0.25, 0.3) is 5.91 Å². The van der Waals surface area contributed by atoms with E-state index in [4.69, 9.17) is 4.74 Å². The normalized spacial score (nSPS) is 27.3. The number of nitrogens with one attached hydrogen (secondary N) is 1. The van der Waals surface area contributed by atoms with Gasteiger partial charge in [0.05, 0.1) is 19.3 Å². The summed E-state index contributed by atoms with van der Waals surface area (Å²) in [6, 6.07) is 2.58. The second kappa shape index (κ2) is 9.17. The molecule has 0 bridgehead atoms. The van der Waals surface area contributed by atoms with Crippen LogP contribution in [0, 0.1) is 0 Å². The van der Waals surface area contributed by atoms with E-state index in [1.165, 1.54) is 6.42 Å². The van der Waals surface area contributed by atoms with Gasteiger partial charge in [0, 0.05) is 45.0 Å². The standard InChI is InChI=1S/C18H29N5O2.ClH/c24-18(17-5-8-23(20-17)15-3-1-6-19-13-15)22-7-2-4-16(22)14-21-9-11-25-12-10-21;/h5,8,15-16,19H,1-4,6-7,9-14H2;1H. The summed E-state index contributed by atoms with van der Waals surface area (Å²) in [4.78, 5) is 17.5. The molecule has 0 aliphatic carbocycles.